The SMILES string of the molecule is CC(O)C(N)c1nc(C(=O)NC(C)C2CCCCC2)co1. The third-order valence-corrected chi connectivity index (χ3v) is 4.28. The second-order valence-corrected chi connectivity index (χ2v) is 6.00. The van der Waals surface area contributed by atoms with E-state index in [4.69, 9.17) is 10.2 Å². The van der Waals surface area contributed by atoms with E-state index in [2.05, 4.69) is 10.3 Å². The molecule has 2 rings (SSSR count). The molecule has 0 radical (unpaired) electrons. The Morgan fingerprint density at radius 3 is 2.71 bits per heavy atom. The van der Waals surface area contributed by atoms with Crippen LogP contribution in [0.25, 0.3) is 0 Å². The molecule has 1 amide bonds. The standard InChI is InChI=1S/C15H25N3O3/c1-9(11-6-4-3-5-7-11)17-14(20)12-8-21-15(18-12)13(16)10(2)19/h8-11,13,19H,3-7,16H2,1-2H3,(H,17,20). The number of nitrogens with two attached hydrogens (primary N) is 1. The molecule has 3 atom stereocenters. The molecule has 3 unspecified atom stereocenters. The fraction of sp³-hybridized carbons (Fsp3) is 0.733. The first-order valence-electron chi connectivity index (χ1n) is 7.69. The Labute approximate surface area is 125 Å². The van der Waals surface area contributed by atoms with Crippen molar-refractivity contribution in [2.24, 2.45) is 11.7 Å². The Morgan fingerprint density at radius 2 is 2.10 bits per heavy atom. The first-order chi connectivity index (χ1) is 9.99. The van der Waals surface area contributed by atoms with Gasteiger partial charge in [0, 0.05) is 6.04 Å². The average Bonchev–Trinajstić information content (AvgIpc) is 2.97. The minimum atomic E-state index is -0.777. The molecule has 1 aliphatic rings. The van der Waals surface area contributed by atoms with Crippen molar-refractivity contribution in [3.05, 3.63) is 17.8 Å². The predicted molar refractivity (Wildman–Crippen MR) is 78.6 cm³/mol. The number of nitrogens with zero attached hydrogens (tertiary/aromatic N) is 1. The lowest BCUT2D eigenvalue weighted by Gasteiger charge is -2.27. The zero-order valence-corrected chi connectivity index (χ0v) is 12.7. The summed E-state index contributed by atoms with van der Waals surface area (Å²) in [7, 11) is 0. The van der Waals surface area contributed by atoms with Gasteiger partial charge >= 0.3 is 0 Å². The van der Waals surface area contributed by atoms with Crippen LogP contribution in [0.1, 0.15) is 68.4 Å². The number of rotatable bonds is 5. The summed E-state index contributed by atoms with van der Waals surface area (Å²) in [4.78, 5) is 16.2. The maximum absolute atomic E-state index is 12.2. The monoisotopic (exact) mass is 295 g/mol. The van der Waals surface area contributed by atoms with Gasteiger partial charge in [-0.25, -0.2) is 4.98 Å². The number of oxazole rings is 1. The van der Waals surface area contributed by atoms with Crippen molar-refractivity contribution < 1.29 is 14.3 Å². The molecule has 1 aliphatic carbocycles. The minimum Gasteiger partial charge on any atom is -0.446 e. The highest BCUT2D eigenvalue weighted by Gasteiger charge is 2.24. The van der Waals surface area contributed by atoms with Crippen molar-refractivity contribution in [2.75, 3.05) is 0 Å². The summed E-state index contributed by atoms with van der Waals surface area (Å²) < 4.78 is 5.18. The van der Waals surface area contributed by atoms with Crippen molar-refractivity contribution in [1.29, 1.82) is 0 Å². The normalized spacial score (nSPS) is 20.8. The lowest BCUT2D eigenvalue weighted by Crippen LogP contribution is -2.39. The average molecular weight is 295 g/mol. The molecule has 0 aliphatic heterocycles. The van der Waals surface area contributed by atoms with E-state index >= 15 is 0 Å². The van der Waals surface area contributed by atoms with Crippen LogP contribution < -0.4 is 11.1 Å². The largest absolute Gasteiger partial charge is 0.446 e. The summed E-state index contributed by atoms with van der Waals surface area (Å²) in [6, 6.07) is -0.592. The van der Waals surface area contributed by atoms with Gasteiger partial charge in [-0.2, -0.15) is 0 Å². The highest BCUT2D eigenvalue weighted by molar-refractivity contribution is 5.92. The maximum Gasteiger partial charge on any atom is 0.273 e. The number of aromatic nitrogens is 1. The van der Waals surface area contributed by atoms with Crippen LogP contribution in [-0.2, 0) is 0 Å². The lowest BCUT2D eigenvalue weighted by atomic mass is 9.84. The zero-order chi connectivity index (χ0) is 15.4. The summed E-state index contributed by atoms with van der Waals surface area (Å²) in [5, 5.41) is 12.4. The van der Waals surface area contributed by atoms with Gasteiger partial charge in [-0.15, -0.1) is 0 Å². The number of carbonyl (C=O) groups excluding carboxylic acids is 1. The molecule has 118 valence electrons. The fourth-order valence-corrected chi connectivity index (χ4v) is 2.78. The van der Waals surface area contributed by atoms with Gasteiger partial charge in [0.1, 0.15) is 12.3 Å². The molecule has 0 spiro atoms. The van der Waals surface area contributed by atoms with Gasteiger partial charge in [-0.3, -0.25) is 4.79 Å². The summed E-state index contributed by atoms with van der Waals surface area (Å²) >= 11 is 0. The van der Waals surface area contributed by atoms with Crippen molar-refractivity contribution in [3.63, 3.8) is 0 Å². The second kappa shape index (κ2) is 7.04. The van der Waals surface area contributed by atoms with Crippen LogP contribution in [0.4, 0.5) is 0 Å². The Balaban J connectivity index is 1.93. The van der Waals surface area contributed by atoms with Gasteiger partial charge in [-0.05, 0) is 32.6 Å². The molecule has 1 aromatic heterocycles. The predicted octanol–water partition coefficient (Wildman–Crippen LogP) is 1.75. The summed E-state index contributed by atoms with van der Waals surface area (Å²) in [6.45, 7) is 3.59. The molecule has 1 aromatic rings. The molecule has 0 aromatic carbocycles. The molecule has 0 bridgehead atoms. The van der Waals surface area contributed by atoms with E-state index in [0.29, 0.717) is 5.92 Å². The first kappa shape index (κ1) is 16.0. The molecule has 1 fully saturated rings. The maximum atomic E-state index is 12.2. The number of carbonyl (C=O) groups is 1. The van der Waals surface area contributed by atoms with Crippen LogP contribution in [0.3, 0.4) is 0 Å². The Morgan fingerprint density at radius 1 is 1.43 bits per heavy atom. The third kappa shape index (κ3) is 4.04. The van der Waals surface area contributed by atoms with Gasteiger partial charge in [-0.1, -0.05) is 19.3 Å². The summed E-state index contributed by atoms with van der Waals surface area (Å²) in [5.74, 6) is 0.468. The highest BCUT2D eigenvalue weighted by Crippen LogP contribution is 2.26. The molecule has 21 heavy (non-hydrogen) atoms. The quantitative estimate of drug-likeness (QED) is 0.768. The Bertz CT molecular complexity index is 466. The van der Waals surface area contributed by atoms with Crippen molar-refractivity contribution in [2.45, 2.75) is 64.1 Å². The smallest absolute Gasteiger partial charge is 0.273 e. The molecule has 1 heterocycles. The number of aliphatic hydroxyl groups is 1. The van der Waals surface area contributed by atoms with Crippen molar-refractivity contribution in [1.82, 2.24) is 10.3 Å². The molecular formula is C15H25N3O3. The Kier molecular flexibility index (Phi) is 5.36. The van der Waals surface area contributed by atoms with Crippen LogP contribution in [0.2, 0.25) is 0 Å². The van der Waals surface area contributed by atoms with Gasteiger partial charge in [0.15, 0.2) is 5.69 Å². The van der Waals surface area contributed by atoms with E-state index in [0.717, 1.165) is 0 Å². The highest BCUT2D eigenvalue weighted by atomic mass is 16.3. The van der Waals surface area contributed by atoms with E-state index in [1.54, 1.807) is 6.92 Å². The second-order valence-electron chi connectivity index (χ2n) is 6.00. The van der Waals surface area contributed by atoms with Gasteiger partial charge < -0.3 is 20.6 Å². The third-order valence-electron chi connectivity index (χ3n) is 4.28. The van der Waals surface area contributed by atoms with Crippen LogP contribution >= 0.6 is 0 Å². The molecule has 4 N–H and O–H groups in total. The van der Waals surface area contributed by atoms with Crippen LogP contribution in [0.15, 0.2) is 10.7 Å². The van der Waals surface area contributed by atoms with E-state index < -0.39 is 12.1 Å². The lowest BCUT2D eigenvalue weighted by molar-refractivity contribution is 0.0914. The molecule has 1 saturated carbocycles. The molecule has 6 nitrogen and oxygen atoms in total. The van der Waals surface area contributed by atoms with E-state index in [-0.39, 0.29) is 23.5 Å². The van der Waals surface area contributed by atoms with Crippen LogP contribution in [-0.4, -0.2) is 28.1 Å². The summed E-state index contributed by atoms with van der Waals surface area (Å²) in [6.07, 6.45) is 6.61. The topological polar surface area (TPSA) is 101 Å². The fourth-order valence-electron chi connectivity index (χ4n) is 2.78. The number of hydrogen-bond donors (Lipinski definition) is 3. The van der Waals surface area contributed by atoms with E-state index in [1.807, 2.05) is 6.92 Å². The Hall–Kier alpha value is -1.40. The van der Waals surface area contributed by atoms with E-state index in [9.17, 15) is 9.90 Å². The molecular weight excluding hydrogens is 270 g/mol. The van der Waals surface area contributed by atoms with E-state index in [1.165, 1.54) is 38.4 Å². The molecule has 6 heteroatoms. The number of aliphatic hydroxyl groups excluding tert-OH is 1. The van der Waals surface area contributed by atoms with Gasteiger partial charge in [0.2, 0.25) is 5.89 Å². The number of amides is 1. The summed E-state index contributed by atoms with van der Waals surface area (Å²) in [5.41, 5.74) is 5.94. The minimum absolute atomic E-state index is 0.128. The zero-order valence-electron chi connectivity index (χ0n) is 12.7. The first-order valence-corrected chi connectivity index (χ1v) is 7.69. The van der Waals surface area contributed by atoms with Crippen molar-refractivity contribution in [3.8, 4) is 0 Å². The van der Waals surface area contributed by atoms with Crippen LogP contribution in [0, 0.1) is 5.92 Å². The number of nitrogens with one attached hydrogen (secondary N) is 1. The molecule has 0 saturated heterocycles. The van der Waals surface area contributed by atoms with Gasteiger partial charge in [0.05, 0.1) is 6.10 Å². The number of hydrogen-bond acceptors (Lipinski definition) is 5. The van der Waals surface area contributed by atoms with Crippen molar-refractivity contribution >= 4 is 5.91 Å². The van der Waals surface area contributed by atoms with Crippen LogP contribution in [0.5, 0.6) is 0 Å². The van der Waals surface area contributed by atoms with Gasteiger partial charge in [0.25, 0.3) is 5.91 Å².